The summed E-state index contributed by atoms with van der Waals surface area (Å²) in [6.07, 6.45) is 1.43. The summed E-state index contributed by atoms with van der Waals surface area (Å²) >= 11 is 0. The van der Waals surface area contributed by atoms with E-state index < -0.39 is 11.9 Å². The summed E-state index contributed by atoms with van der Waals surface area (Å²) in [7, 11) is 0. The fourth-order valence-electron chi connectivity index (χ4n) is 1.53. The van der Waals surface area contributed by atoms with E-state index in [0.717, 1.165) is 0 Å². The van der Waals surface area contributed by atoms with Gasteiger partial charge in [-0.05, 0) is 18.2 Å². The first-order chi connectivity index (χ1) is 7.61. The molecule has 0 spiro atoms. The number of carboxylic acids is 2. The van der Waals surface area contributed by atoms with Crippen LogP contribution in [0, 0.1) is 0 Å². The monoisotopic (exact) mass is 217 g/mol. The number of nitrogens with zero attached hydrogens (tertiary/aromatic N) is 1. The van der Waals surface area contributed by atoms with E-state index in [9.17, 15) is 9.59 Å². The summed E-state index contributed by atoms with van der Waals surface area (Å²) in [5.74, 6) is -2.23. The Morgan fingerprint density at radius 2 is 1.62 bits per heavy atom. The van der Waals surface area contributed by atoms with Crippen molar-refractivity contribution < 1.29 is 19.8 Å². The predicted molar refractivity (Wildman–Crippen MR) is 55.7 cm³/mol. The lowest BCUT2D eigenvalue weighted by Crippen LogP contribution is -2.03. The fourth-order valence-corrected chi connectivity index (χ4v) is 1.53. The van der Waals surface area contributed by atoms with Crippen LogP contribution in [0.4, 0.5) is 0 Å². The third kappa shape index (κ3) is 1.48. The molecule has 0 aliphatic carbocycles. The van der Waals surface area contributed by atoms with E-state index in [1.807, 2.05) is 0 Å². The number of rotatable bonds is 2. The van der Waals surface area contributed by atoms with Gasteiger partial charge >= 0.3 is 11.9 Å². The molecular weight excluding hydrogens is 210 g/mol. The number of hydrogen-bond acceptors (Lipinski definition) is 3. The molecule has 1 aromatic heterocycles. The molecule has 0 bridgehead atoms. The predicted octanol–water partition coefficient (Wildman–Crippen LogP) is 1.63. The summed E-state index contributed by atoms with van der Waals surface area (Å²) in [5.41, 5.74) is 0.239. The van der Waals surface area contributed by atoms with Gasteiger partial charge in [0, 0.05) is 11.6 Å². The normalized spacial score (nSPS) is 10.2. The Morgan fingerprint density at radius 1 is 1.00 bits per heavy atom. The maximum Gasteiger partial charge on any atom is 0.337 e. The van der Waals surface area contributed by atoms with Crippen molar-refractivity contribution >= 4 is 22.8 Å². The Kier molecular flexibility index (Phi) is 2.28. The highest BCUT2D eigenvalue weighted by atomic mass is 16.4. The molecule has 0 unspecified atom stereocenters. The second-order valence-electron chi connectivity index (χ2n) is 3.17. The standard InChI is InChI=1S/C11H7NO4/c13-10(14)7-3-4-8(11(15)16)9-6(7)2-1-5-12-9/h1-5H,(H,13,14)(H,15,16). The van der Waals surface area contributed by atoms with Crippen LogP contribution < -0.4 is 0 Å². The smallest absolute Gasteiger partial charge is 0.337 e. The third-order valence-corrected chi connectivity index (χ3v) is 2.23. The highest BCUT2D eigenvalue weighted by Gasteiger charge is 2.15. The average Bonchev–Trinajstić information content (AvgIpc) is 2.27. The molecule has 1 heterocycles. The first-order valence-electron chi connectivity index (χ1n) is 4.45. The summed E-state index contributed by atoms with van der Waals surface area (Å²) in [4.78, 5) is 25.7. The molecule has 0 atom stereocenters. The third-order valence-electron chi connectivity index (χ3n) is 2.23. The zero-order valence-electron chi connectivity index (χ0n) is 8.04. The minimum Gasteiger partial charge on any atom is -0.478 e. The molecule has 0 amide bonds. The minimum absolute atomic E-state index is 0.000556. The Morgan fingerprint density at radius 3 is 2.25 bits per heavy atom. The van der Waals surface area contributed by atoms with Gasteiger partial charge in [-0.1, -0.05) is 6.07 Å². The number of pyridine rings is 1. The van der Waals surface area contributed by atoms with Crippen LogP contribution >= 0.6 is 0 Å². The van der Waals surface area contributed by atoms with E-state index in [0.29, 0.717) is 5.39 Å². The Bertz CT molecular complexity index is 539. The number of fused-ring (bicyclic) bond motifs is 1. The molecular formula is C11H7NO4. The summed E-state index contributed by atoms with van der Waals surface area (Å²) in [5, 5.41) is 18.2. The van der Waals surface area contributed by atoms with E-state index in [1.165, 1.54) is 24.4 Å². The van der Waals surface area contributed by atoms with Crippen molar-refractivity contribution in [2.45, 2.75) is 0 Å². The maximum atomic E-state index is 10.9. The molecule has 16 heavy (non-hydrogen) atoms. The lowest BCUT2D eigenvalue weighted by atomic mass is 10.0. The maximum absolute atomic E-state index is 10.9. The van der Waals surface area contributed by atoms with E-state index in [2.05, 4.69) is 4.98 Å². The Hall–Kier alpha value is -2.43. The zero-order chi connectivity index (χ0) is 11.7. The van der Waals surface area contributed by atoms with Crippen LogP contribution in [0.1, 0.15) is 20.7 Å². The molecule has 2 aromatic rings. The number of carboxylic acid groups (broad SMARTS) is 2. The lowest BCUT2D eigenvalue weighted by molar-refractivity contribution is 0.0684. The highest BCUT2D eigenvalue weighted by Crippen LogP contribution is 2.20. The van der Waals surface area contributed by atoms with Crippen LogP contribution in [0.15, 0.2) is 30.5 Å². The molecule has 80 valence electrons. The molecule has 0 aliphatic heterocycles. The summed E-state index contributed by atoms with van der Waals surface area (Å²) in [6.45, 7) is 0. The first kappa shape index (κ1) is 10.1. The molecule has 2 rings (SSSR count). The van der Waals surface area contributed by atoms with Gasteiger partial charge in [0.1, 0.15) is 0 Å². The van der Waals surface area contributed by atoms with Gasteiger partial charge in [0.25, 0.3) is 0 Å². The highest BCUT2D eigenvalue weighted by molar-refractivity contribution is 6.09. The van der Waals surface area contributed by atoms with Gasteiger partial charge in [-0.25, -0.2) is 9.59 Å². The van der Waals surface area contributed by atoms with Gasteiger partial charge in [0.15, 0.2) is 0 Å². The van der Waals surface area contributed by atoms with E-state index in [4.69, 9.17) is 10.2 Å². The van der Waals surface area contributed by atoms with E-state index in [-0.39, 0.29) is 16.6 Å². The number of aromatic nitrogens is 1. The van der Waals surface area contributed by atoms with Crippen LogP contribution in [0.3, 0.4) is 0 Å². The van der Waals surface area contributed by atoms with E-state index in [1.54, 1.807) is 6.07 Å². The first-order valence-corrected chi connectivity index (χ1v) is 4.45. The van der Waals surface area contributed by atoms with Crippen LogP contribution in [-0.4, -0.2) is 27.1 Å². The van der Waals surface area contributed by atoms with Crippen molar-refractivity contribution in [1.29, 1.82) is 0 Å². The minimum atomic E-state index is -1.12. The second-order valence-corrected chi connectivity index (χ2v) is 3.17. The van der Waals surface area contributed by atoms with Crippen LogP contribution in [-0.2, 0) is 0 Å². The molecule has 1 aromatic carbocycles. The SMILES string of the molecule is O=C(O)c1ccc(C(=O)O)c2ncccc12. The molecule has 0 aliphatic rings. The molecule has 5 nitrogen and oxygen atoms in total. The number of hydrogen-bond donors (Lipinski definition) is 2. The zero-order valence-corrected chi connectivity index (χ0v) is 8.04. The number of benzene rings is 1. The van der Waals surface area contributed by atoms with Crippen molar-refractivity contribution in [1.82, 2.24) is 4.98 Å². The van der Waals surface area contributed by atoms with Gasteiger partial charge < -0.3 is 10.2 Å². The van der Waals surface area contributed by atoms with Gasteiger partial charge in [-0.15, -0.1) is 0 Å². The van der Waals surface area contributed by atoms with Crippen LogP contribution in [0.2, 0.25) is 0 Å². The topological polar surface area (TPSA) is 87.5 Å². The fraction of sp³-hybridized carbons (Fsp3) is 0. The van der Waals surface area contributed by atoms with Crippen molar-refractivity contribution in [3.8, 4) is 0 Å². The molecule has 0 radical (unpaired) electrons. The molecule has 2 N–H and O–H groups in total. The number of aromatic carboxylic acids is 2. The van der Waals surface area contributed by atoms with Crippen molar-refractivity contribution in [2.75, 3.05) is 0 Å². The largest absolute Gasteiger partial charge is 0.478 e. The van der Waals surface area contributed by atoms with Gasteiger partial charge in [0.2, 0.25) is 0 Å². The van der Waals surface area contributed by atoms with Gasteiger partial charge in [0.05, 0.1) is 16.6 Å². The number of carbonyl (C=O) groups is 2. The molecule has 0 saturated heterocycles. The van der Waals surface area contributed by atoms with Crippen molar-refractivity contribution in [3.05, 3.63) is 41.6 Å². The lowest BCUT2D eigenvalue weighted by Gasteiger charge is -2.04. The van der Waals surface area contributed by atoms with Crippen LogP contribution in [0.25, 0.3) is 10.9 Å². The van der Waals surface area contributed by atoms with Crippen molar-refractivity contribution in [3.63, 3.8) is 0 Å². The Balaban J connectivity index is 2.87. The summed E-state index contributed by atoms with van der Waals surface area (Å²) in [6, 6.07) is 5.63. The van der Waals surface area contributed by atoms with Crippen LogP contribution in [0.5, 0.6) is 0 Å². The van der Waals surface area contributed by atoms with E-state index >= 15 is 0 Å². The molecule has 5 heteroatoms. The molecule has 0 saturated carbocycles. The Labute approximate surface area is 90.0 Å². The van der Waals surface area contributed by atoms with Crippen molar-refractivity contribution in [2.24, 2.45) is 0 Å². The van der Waals surface area contributed by atoms with Gasteiger partial charge in [-0.3, -0.25) is 4.98 Å². The molecule has 0 fully saturated rings. The van der Waals surface area contributed by atoms with Gasteiger partial charge in [-0.2, -0.15) is 0 Å². The summed E-state index contributed by atoms with van der Waals surface area (Å²) < 4.78 is 0. The average molecular weight is 217 g/mol. The second kappa shape index (κ2) is 3.62. The quantitative estimate of drug-likeness (QED) is 0.798.